The molecule has 0 aliphatic carbocycles. The van der Waals surface area contributed by atoms with Gasteiger partial charge in [-0.3, -0.25) is 9.59 Å². The minimum atomic E-state index is -0.467. The predicted molar refractivity (Wildman–Crippen MR) is 86.6 cm³/mol. The number of ether oxygens (including phenoxy) is 2. The second-order valence-corrected chi connectivity index (χ2v) is 5.09. The van der Waals surface area contributed by atoms with Crippen molar-refractivity contribution in [3.8, 4) is 5.75 Å². The van der Waals surface area contributed by atoms with Crippen molar-refractivity contribution in [2.45, 2.75) is 13.2 Å². The molecule has 122 valence electrons. The normalized spacial score (nSPS) is 10.5. The molecule has 0 radical (unpaired) electrons. The lowest BCUT2D eigenvalue weighted by Gasteiger charge is -2.07. The molecule has 0 N–H and O–H groups in total. The first-order valence-corrected chi connectivity index (χ1v) is 7.28. The molecule has 7 heteroatoms. The number of fused-ring (bicyclic) bond motifs is 1. The van der Waals surface area contributed by atoms with Crippen molar-refractivity contribution >= 4 is 16.9 Å². The Morgan fingerprint density at radius 2 is 2.00 bits per heavy atom. The summed E-state index contributed by atoms with van der Waals surface area (Å²) in [5.74, 6) is 0.196. The van der Waals surface area contributed by atoms with Gasteiger partial charge in [-0.2, -0.15) is 4.68 Å². The van der Waals surface area contributed by atoms with E-state index in [1.54, 1.807) is 55.6 Å². The van der Waals surface area contributed by atoms with E-state index in [2.05, 4.69) is 10.3 Å². The van der Waals surface area contributed by atoms with Crippen LogP contribution in [0.5, 0.6) is 5.75 Å². The van der Waals surface area contributed by atoms with Crippen molar-refractivity contribution in [2.75, 3.05) is 7.11 Å². The Bertz CT molecular complexity index is 936. The van der Waals surface area contributed by atoms with Gasteiger partial charge in [0.2, 0.25) is 0 Å². The largest absolute Gasteiger partial charge is 0.497 e. The van der Waals surface area contributed by atoms with Gasteiger partial charge >= 0.3 is 5.97 Å². The average Bonchev–Trinajstić information content (AvgIpc) is 2.61. The Balaban J connectivity index is 1.68. The molecule has 3 aromatic rings. The second kappa shape index (κ2) is 6.91. The lowest BCUT2D eigenvalue weighted by molar-refractivity contribution is -0.147. The number of nitrogens with zero attached hydrogens (tertiary/aromatic N) is 3. The summed E-state index contributed by atoms with van der Waals surface area (Å²) in [6.45, 7) is -0.278. The van der Waals surface area contributed by atoms with Gasteiger partial charge in [-0.1, -0.05) is 29.5 Å². The van der Waals surface area contributed by atoms with Crippen LogP contribution in [0.3, 0.4) is 0 Å². The number of methoxy groups -OCH3 is 1. The summed E-state index contributed by atoms with van der Waals surface area (Å²) < 4.78 is 11.2. The molecule has 1 aromatic heterocycles. The van der Waals surface area contributed by atoms with Crippen molar-refractivity contribution in [3.05, 3.63) is 64.4 Å². The molecule has 1 heterocycles. The van der Waals surface area contributed by atoms with Crippen LogP contribution in [0, 0.1) is 0 Å². The van der Waals surface area contributed by atoms with Crippen LogP contribution in [0.15, 0.2) is 53.3 Å². The second-order valence-electron chi connectivity index (χ2n) is 5.09. The van der Waals surface area contributed by atoms with E-state index in [0.717, 1.165) is 10.2 Å². The van der Waals surface area contributed by atoms with Gasteiger partial charge in [0.15, 0.2) is 6.73 Å². The minimum Gasteiger partial charge on any atom is -0.497 e. The van der Waals surface area contributed by atoms with E-state index in [-0.39, 0.29) is 18.7 Å². The molecular formula is C17H15N3O4. The zero-order valence-corrected chi connectivity index (χ0v) is 13.0. The minimum absolute atomic E-state index is 0.0763. The quantitative estimate of drug-likeness (QED) is 0.662. The van der Waals surface area contributed by atoms with Crippen LogP contribution in [0.4, 0.5) is 0 Å². The number of carbonyl (C=O) groups is 1. The fourth-order valence-corrected chi connectivity index (χ4v) is 2.24. The lowest BCUT2D eigenvalue weighted by Crippen LogP contribution is -2.26. The molecule has 3 rings (SSSR count). The van der Waals surface area contributed by atoms with Gasteiger partial charge in [0.25, 0.3) is 5.56 Å². The average molecular weight is 325 g/mol. The summed E-state index contributed by atoms with van der Waals surface area (Å²) in [5, 5.41) is 8.13. The number of hydrogen-bond acceptors (Lipinski definition) is 6. The molecule has 0 bridgehead atoms. The maximum Gasteiger partial charge on any atom is 0.312 e. The van der Waals surface area contributed by atoms with Gasteiger partial charge in [0.1, 0.15) is 11.3 Å². The molecule has 0 unspecified atom stereocenters. The highest BCUT2D eigenvalue weighted by Crippen LogP contribution is 2.13. The van der Waals surface area contributed by atoms with E-state index in [4.69, 9.17) is 9.47 Å². The highest BCUT2D eigenvalue weighted by molar-refractivity contribution is 5.76. The highest BCUT2D eigenvalue weighted by atomic mass is 16.5. The topological polar surface area (TPSA) is 83.3 Å². The van der Waals surface area contributed by atoms with Gasteiger partial charge in [0, 0.05) is 0 Å². The maximum atomic E-state index is 12.2. The molecule has 0 aliphatic heterocycles. The van der Waals surface area contributed by atoms with Crippen LogP contribution >= 0.6 is 0 Å². The van der Waals surface area contributed by atoms with Crippen molar-refractivity contribution in [1.82, 2.24) is 15.0 Å². The van der Waals surface area contributed by atoms with E-state index >= 15 is 0 Å². The molecular weight excluding hydrogens is 310 g/mol. The molecule has 7 nitrogen and oxygen atoms in total. The molecule has 0 spiro atoms. The zero-order valence-electron chi connectivity index (χ0n) is 13.0. The Morgan fingerprint density at radius 1 is 1.17 bits per heavy atom. The Morgan fingerprint density at radius 3 is 2.83 bits per heavy atom. The first-order valence-electron chi connectivity index (χ1n) is 7.28. The van der Waals surface area contributed by atoms with E-state index in [1.807, 2.05) is 0 Å². The number of rotatable bonds is 5. The monoisotopic (exact) mass is 325 g/mol. The SMILES string of the molecule is COc1cccc(CC(=O)OCn2nnc3ccccc3c2=O)c1. The van der Waals surface area contributed by atoms with Crippen LogP contribution in [0.1, 0.15) is 5.56 Å². The number of benzene rings is 2. The van der Waals surface area contributed by atoms with E-state index in [9.17, 15) is 9.59 Å². The number of aromatic nitrogens is 3. The van der Waals surface area contributed by atoms with Crippen LogP contribution in [0.2, 0.25) is 0 Å². The molecule has 0 saturated heterocycles. The van der Waals surface area contributed by atoms with E-state index < -0.39 is 5.97 Å². The molecule has 0 fully saturated rings. The van der Waals surface area contributed by atoms with Crippen LogP contribution in [-0.2, 0) is 22.7 Å². The fraction of sp³-hybridized carbons (Fsp3) is 0.176. The van der Waals surface area contributed by atoms with E-state index in [0.29, 0.717) is 16.7 Å². The Labute approximate surface area is 137 Å². The molecule has 0 atom stereocenters. The predicted octanol–water partition coefficient (Wildman–Crippen LogP) is 1.54. The van der Waals surface area contributed by atoms with Gasteiger partial charge in [-0.25, -0.2) is 0 Å². The Kier molecular flexibility index (Phi) is 4.51. The first-order chi connectivity index (χ1) is 11.7. The zero-order chi connectivity index (χ0) is 16.9. The van der Waals surface area contributed by atoms with Crippen molar-refractivity contribution in [2.24, 2.45) is 0 Å². The molecule has 24 heavy (non-hydrogen) atoms. The maximum absolute atomic E-state index is 12.2. The summed E-state index contributed by atoms with van der Waals surface area (Å²) in [6, 6.07) is 14.0. The first kappa shape index (κ1) is 15.7. The van der Waals surface area contributed by atoms with Gasteiger partial charge in [0.05, 0.1) is 18.9 Å². The third-order valence-electron chi connectivity index (χ3n) is 3.46. The molecule has 0 saturated carbocycles. The van der Waals surface area contributed by atoms with Crippen LogP contribution in [0.25, 0.3) is 10.9 Å². The fourth-order valence-electron chi connectivity index (χ4n) is 2.24. The van der Waals surface area contributed by atoms with Crippen LogP contribution in [-0.4, -0.2) is 28.1 Å². The molecule has 2 aromatic carbocycles. The van der Waals surface area contributed by atoms with Gasteiger partial charge in [-0.05, 0) is 29.8 Å². The smallest absolute Gasteiger partial charge is 0.312 e. The molecule has 0 amide bonds. The Hall–Kier alpha value is -3.22. The van der Waals surface area contributed by atoms with Crippen LogP contribution < -0.4 is 10.3 Å². The standard InChI is InChI=1S/C17H15N3O4/c1-23-13-6-4-5-12(9-13)10-16(21)24-11-20-17(22)14-7-2-3-8-15(14)18-19-20/h2-9H,10-11H2,1H3. The van der Waals surface area contributed by atoms with Gasteiger partial charge in [-0.15, -0.1) is 5.10 Å². The summed E-state index contributed by atoms with van der Waals surface area (Å²) in [6.07, 6.45) is 0.0763. The summed E-state index contributed by atoms with van der Waals surface area (Å²) >= 11 is 0. The third-order valence-corrected chi connectivity index (χ3v) is 3.46. The number of carbonyl (C=O) groups excluding carboxylic acids is 1. The van der Waals surface area contributed by atoms with Gasteiger partial charge < -0.3 is 9.47 Å². The highest BCUT2D eigenvalue weighted by Gasteiger charge is 2.09. The summed E-state index contributed by atoms with van der Waals surface area (Å²) in [5.41, 5.74) is 0.910. The summed E-state index contributed by atoms with van der Waals surface area (Å²) in [4.78, 5) is 24.2. The van der Waals surface area contributed by atoms with E-state index in [1.165, 1.54) is 0 Å². The van der Waals surface area contributed by atoms with Crippen molar-refractivity contribution in [1.29, 1.82) is 0 Å². The number of esters is 1. The summed E-state index contributed by atoms with van der Waals surface area (Å²) in [7, 11) is 1.56. The van der Waals surface area contributed by atoms with Crippen molar-refractivity contribution < 1.29 is 14.3 Å². The molecule has 0 aliphatic rings. The van der Waals surface area contributed by atoms with Crippen molar-refractivity contribution in [3.63, 3.8) is 0 Å². The third kappa shape index (κ3) is 3.40. The number of hydrogen-bond donors (Lipinski definition) is 0. The lowest BCUT2D eigenvalue weighted by atomic mass is 10.1.